The lowest BCUT2D eigenvalue weighted by Crippen LogP contribution is -2.30. The van der Waals surface area contributed by atoms with Crippen molar-refractivity contribution in [2.24, 2.45) is 0 Å². The van der Waals surface area contributed by atoms with Crippen LogP contribution in [-0.4, -0.2) is 31.2 Å². The van der Waals surface area contributed by atoms with Crippen molar-refractivity contribution >= 4 is 17.4 Å². The van der Waals surface area contributed by atoms with Crippen LogP contribution in [0.1, 0.15) is 6.42 Å². The van der Waals surface area contributed by atoms with Crippen molar-refractivity contribution in [2.75, 3.05) is 25.6 Å². The van der Waals surface area contributed by atoms with Crippen LogP contribution in [0.2, 0.25) is 0 Å². The van der Waals surface area contributed by atoms with Crippen molar-refractivity contribution < 1.29 is 14.5 Å². The second-order valence-electron chi connectivity index (χ2n) is 3.53. The molecule has 0 unspecified atom stereocenters. The molecule has 18 heavy (non-hydrogen) atoms. The van der Waals surface area contributed by atoms with Crippen LogP contribution in [0, 0.1) is 10.1 Å². The van der Waals surface area contributed by atoms with Gasteiger partial charge in [0, 0.05) is 38.1 Å². The Labute approximate surface area is 104 Å². The fourth-order valence-electron chi connectivity index (χ4n) is 1.29. The minimum absolute atomic E-state index is 0.0628. The number of urea groups is 1. The van der Waals surface area contributed by atoms with Crippen molar-refractivity contribution in [3.8, 4) is 0 Å². The molecule has 0 atom stereocenters. The number of amides is 2. The van der Waals surface area contributed by atoms with Gasteiger partial charge in [-0.1, -0.05) is 6.07 Å². The highest BCUT2D eigenvalue weighted by Crippen LogP contribution is 2.16. The van der Waals surface area contributed by atoms with Gasteiger partial charge in [-0.05, 0) is 12.5 Å². The van der Waals surface area contributed by atoms with Crippen LogP contribution in [0.4, 0.5) is 16.2 Å². The van der Waals surface area contributed by atoms with Gasteiger partial charge in [-0.3, -0.25) is 10.1 Å². The molecule has 98 valence electrons. The molecule has 1 aromatic rings. The molecule has 0 aliphatic carbocycles. The maximum Gasteiger partial charge on any atom is 0.319 e. The number of carbonyl (C=O) groups is 1. The normalized spacial score (nSPS) is 9.83. The van der Waals surface area contributed by atoms with Crippen LogP contribution in [0.25, 0.3) is 0 Å². The summed E-state index contributed by atoms with van der Waals surface area (Å²) in [6, 6.07) is 5.36. The number of anilines is 1. The van der Waals surface area contributed by atoms with Crippen LogP contribution in [0.15, 0.2) is 24.3 Å². The molecule has 0 spiro atoms. The summed E-state index contributed by atoms with van der Waals surface area (Å²) in [5, 5.41) is 15.7. The van der Waals surface area contributed by atoms with Crippen molar-refractivity contribution in [3.05, 3.63) is 34.4 Å². The maximum atomic E-state index is 11.4. The summed E-state index contributed by atoms with van der Waals surface area (Å²) in [5.74, 6) is 0. The van der Waals surface area contributed by atoms with Crippen LogP contribution in [0.5, 0.6) is 0 Å². The smallest absolute Gasteiger partial charge is 0.319 e. The molecule has 0 radical (unpaired) electrons. The third-order valence-electron chi connectivity index (χ3n) is 2.13. The summed E-state index contributed by atoms with van der Waals surface area (Å²) in [6.45, 7) is 1.05. The van der Waals surface area contributed by atoms with E-state index >= 15 is 0 Å². The molecule has 0 aromatic heterocycles. The summed E-state index contributed by atoms with van der Waals surface area (Å²) in [5.41, 5.74) is 0.320. The zero-order valence-corrected chi connectivity index (χ0v) is 10.0. The van der Waals surface area contributed by atoms with Gasteiger partial charge >= 0.3 is 6.03 Å². The monoisotopic (exact) mass is 253 g/mol. The first-order chi connectivity index (χ1) is 8.63. The average Bonchev–Trinajstić information content (AvgIpc) is 2.35. The summed E-state index contributed by atoms with van der Waals surface area (Å²) >= 11 is 0. The van der Waals surface area contributed by atoms with E-state index in [0.717, 1.165) is 0 Å². The minimum atomic E-state index is -0.512. The SMILES string of the molecule is COCCCNC(=O)Nc1cccc([N+](=O)[O-])c1. The Hall–Kier alpha value is -2.15. The first-order valence-electron chi connectivity index (χ1n) is 5.41. The van der Waals surface area contributed by atoms with Gasteiger partial charge in [-0.2, -0.15) is 0 Å². The molecule has 0 aliphatic rings. The molecule has 2 amide bonds. The summed E-state index contributed by atoms with van der Waals surface area (Å²) in [7, 11) is 1.59. The third-order valence-corrected chi connectivity index (χ3v) is 2.13. The molecule has 1 aromatic carbocycles. The van der Waals surface area contributed by atoms with Crippen molar-refractivity contribution in [2.45, 2.75) is 6.42 Å². The largest absolute Gasteiger partial charge is 0.385 e. The number of nitrogens with one attached hydrogen (secondary N) is 2. The summed E-state index contributed by atoms with van der Waals surface area (Å²) < 4.78 is 4.84. The Morgan fingerprint density at radius 2 is 2.28 bits per heavy atom. The number of nitrogens with zero attached hydrogens (tertiary/aromatic N) is 1. The van der Waals surface area contributed by atoms with E-state index in [1.165, 1.54) is 18.2 Å². The van der Waals surface area contributed by atoms with E-state index in [2.05, 4.69) is 10.6 Å². The number of ether oxygens (including phenoxy) is 1. The molecule has 0 heterocycles. The quantitative estimate of drug-likeness (QED) is 0.459. The lowest BCUT2D eigenvalue weighted by atomic mass is 10.3. The number of hydrogen-bond donors (Lipinski definition) is 2. The first kappa shape index (κ1) is 13.9. The lowest BCUT2D eigenvalue weighted by molar-refractivity contribution is -0.384. The highest BCUT2D eigenvalue weighted by atomic mass is 16.6. The average molecular weight is 253 g/mol. The molecule has 0 aliphatic heterocycles. The maximum absolute atomic E-state index is 11.4. The van der Waals surface area contributed by atoms with Crippen molar-refractivity contribution in [1.82, 2.24) is 5.32 Å². The van der Waals surface area contributed by atoms with E-state index < -0.39 is 11.0 Å². The number of nitro groups is 1. The summed E-state index contributed by atoms with van der Waals surface area (Å²) in [6.07, 6.45) is 0.707. The molecule has 7 nitrogen and oxygen atoms in total. The Kier molecular flexibility index (Phi) is 5.59. The predicted octanol–water partition coefficient (Wildman–Crippen LogP) is 1.75. The van der Waals surface area contributed by atoms with E-state index in [0.29, 0.717) is 25.3 Å². The van der Waals surface area contributed by atoms with Gasteiger partial charge in [0.2, 0.25) is 0 Å². The number of hydrogen-bond acceptors (Lipinski definition) is 4. The van der Waals surface area contributed by atoms with Gasteiger partial charge in [0.05, 0.1) is 4.92 Å². The molecular formula is C11H15N3O4. The fraction of sp³-hybridized carbons (Fsp3) is 0.364. The summed E-state index contributed by atoms with van der Waals surface area (Å²) in [4.78, 5) is 21.5. The van der Waals surface area contributed by atoms with E-state index in [1.54, 1.807) is 13.2 Å². The number of methoxy groups -OCH3 is 1. The number of rotatable bonds is 6. The highest BCUT2D eigenvalue weighted by Gasteiger charge is 2.07. The standard InChI is InChI=1S/C11H15N3O4/c1-18-7-3-6-12-11(15)13-9-4-2-5-10(8-9)14(16)17/h2,4-5,8H,3,6-7H2,1H3,(H2,12,13,15). The molecule has 0 saturated carbocycles. The van der Waals surface area contributed by atoms with Gasteiger partial charge in [0.1, 0.15) is 0 Å². The second-order valence-corrected chi connectivity index (χ2v) is 3.53. The number of carbonyl (C=O) groups excluding carboxylic acids is 1. The molecular weight excluding hydrogens is 238 g/mol. The van der Waals surface area contributed by atoms with Crippen molar-refractivity contribution in [1.29, 1.82) is 0 Å². The van der Waals surface area contributed by atoms with Crippen LogP contribution < -0.4 is 10.6 Å². The molecule has 7 heteroatoms. The molecule has 0 fully saturated rings. The molecule has 1 rings (SSSR count). The van der Waals surface area contributed by atoms with Gasteiger partial charge < -0.3 is 15.4 Å². The van der Waals surface area contributed by atoms with E-state index in [-0.39, 0.29) is 5.69 Å². The third kappa shape index (κ3) is 4.79. The fourth-order valence-corrected chi connectivity index (χ4v) is 1.29. The van der Waals surface area contributed by atoms with E-state index in [9.17, 15) is 14.9 Å². The van der Waals surface area contributed by atoms with Gasteiger partial charge in [0.25, 0.3) is 5.69 Å². The number of non-ortho nitro benzene ring substituents is 1. The first-order valence-corrected chi connectivity index (χ1v) is 5.41. The van der Waals surface area contributed by atoms with E-state index in [1.807, 2.05) is 0 Å². The van der Waals surface area contributed by atoms with Gasteiger partial charge in [0.15, 0.2) is 0 Å². The van der Waals surface area contributed by atoms with Crippen LogP contribution >= 0.6 is 0 Å². The Balaban J connectivity index is 2.44. The van der Waals surface area contributed by atoms with Crippen molar-refractivity contribution in [3.63, 3.8) is 0 Å². The Bertz CT molecular complexity index is 423. The van der Waals surface area contributed by atoms with E-state index in [4.69, 9.17) is 4.74 Å². The van der Waals surface area contributed by atoms with Gasteiger partial charge in [-0.15, -0.1) is 0 Å². The topological polar surface area (TPSA) is 93.5 Å². The number of benzene rings is 1. The van der Waals surface area contributed by atoms with Crippen LogP contribution in [0.3, 0.4) is 0 Å². The molecule has 2 N–H and O–H groups in total. The van der Waals surface area contributed by atoms with Gasteiger partial charge in [-0.25, -0.2) is 4.79 Å². The molecule has 0 bridgehead atoms. The Morgan fingerprint density at radius 1 is 1.50 bits per heavy atom. The molecule has 0 saturated heterocycles. The zero-order valence-electron chi connectivity index (χ0n) is 10.0. The predicted molar refractivity (Wildman–Crippen MR) is 66.6 cm³/mol. The van der Waals surface area contributed by atoms with Crippen LogP contribution in [-0.2, 0) is 4.74 Å². The minimum Gasteiger partial charge on any atom is -0.385 e. The zero-order chi connectivity index (χ0) is 13.4. The number of nitro benzene ring substituents is 1. The highest BCUT2D eigenvalue weighted by molar-refractivity contribution is 5.89. The second kappa shape index (κ2) is 7.23. The Morgan fingerprint density at radius 3 is 2.94 bits per heavy atom. The lowest BCUT2D eigenvalue weighted by Gasteiger charge is -2.07.